The summed E-state index contributed by atoms with van der Waals surface area (Å²) in [5.41, 5.74) is 0.239. The van der Waals surface area contributed by atoms with Gasteiger partial charge in [-0.2, -0.15) is 13.2 Å². The zero-order valence-corrected chi connectivity index (χ0v) is 33.0. The molecule has 1 saturated heterocycles. The number of fused-ring (bicyclic) bond motifs is 2. The van der Waals surface area contributed by atoms with Gasteiger partial charge in [0.1, 0.15) is 35.6 Å². The molecule has 0 amide bonds. The predicted molar refractivity (Wildman–Crippen MR) is 215 cm³/mol. The quantitative estimate of drug-likeness (QED) is 0.118. The zero-order valence-electron chi connectivity index (χ0n) is 33.0. The van der Waals surface area contributed by atoms with Crippen LogP contribution in [-0.4, -0.2) is 105 Å². The van der Waals surface area contributed by atoms with Crippen LogP contribution in [0.1, 0.15) is 11.1 Å². The second-order valence-electron chi connectivity index (χ2n) is 13.6. The molecule has 2 heterocycles. The first kappa shape index (κ1) is 43.3. The van der Waals surface area contributed by atoms with Crippen molar-refractivity contribution in [2.45, 2.75) is 18.7 Å². The number of phenolic OH excluding ortho intramolecular Hbond substituents is 1. The summed E-state index contributed by atoms with van der Waals surface area (Å²) in [6.45, 7) is 6.43. The van der Waals surface area contributed by atoms with Crippen LogP contribution in [0.15, 0.2) is 88.6 Å². The molecule has 0 saturated carbocycles. The molecule has 15 heteroatoms. The van der Waals surface area contributed by atoms with Gasteiger partial charge in [0.15, 0.2) is 16.9 Å². The van der Waals surface area contributed by atoms with Crippen LogP contribution in [0, 0.1) is 0 Å². The Morgan fingerprint density at radius 2 is 1.51 bits per heavy atom. The van der Waals surface area contributed by atoms with Crippen molar-refractivity contribution in [2.24, 2.45) is 0 Å². The van der Waals surface area contributed by atoms with E-state index < -0.39 is 17.8 Å². The molecule has 3 aliphatic rings. The standard InChI is InChI=1S/C44H48F3NO11/c1-4-5-29-6-11-38(42(22-29)52-3)58-28-32-27-56-19-18-55-17-16-53-14-12-48(13-15-54-20-21-57-32)37-26-36(44(45,46)47)35(25-41(37)51-2)43-33-9-7-30(49)23-39(33)59-40-24-31(50)8-10-34(40)43/h4,6-11,22-26,32,49H,1,5,12-21,27-28H2,2-3H3. The van der Waals surface area contributed by atoms with Gasteiger partial charge in [-0.25, -0.2) is 0 Å². The van der Waals surface area contributed by atoms with E-state index in [1.807, 2.05) is 24.3 Å². The largest absolute Gasteiger partial charge is 0.508 e. The highest BCUT2D eigenvalue weighted by atomic mass is 19.4. The third-order valence-electron chi connectivity index (χ3n) is 9.58. The Labute approximate surface area is 339 Å². The van der Waals surface area contributed by atoms with E-state index in [1.165, 1.54) is 49.6 Å². The second-order valence-corrected chi connectivity index (χ2v) is 13.6. The Morgan fingerprint density at radius 1 is 0.797 bits per heavy atom. The number of benzene rings is 4. The molecule has 0 spiro atoms. The molecule has 12 nitrogen and oxygen atoms in total. The maximum Gasteiger partial charge on any atom is 0.417 e. The zero-order chi connectivity index (χ0) is 41.8. The number of nitrogens with zero attached hydrogens (tertiary/aromatic N) is 1. The molecule has 6 rings (SSSR count). The van der Waals surface area contributed by atoms with Crippen molar-refractivity contribution in [2.75, 3.05) is 98.3 Å². The van der Waals surface area contributed by atoms with E-state index in [0.29, 0.717) is 36.5 Å². The van der Waals surface area contributed by atoms with Gasteiger partial charge in [0.2, 0.25) is 0 Å². The summed E-state index contributed by atoms with van der Waals surface area (Å²) in [7, 11) is 2.96. The number of allylic oxidation sites excluding steroid dienone is 1. The average Bonchev–Trinajstić information content (AvgIpc) is 3.21. The van der Waals surface area contributed by atoms with Crippen LogP contribution in [0.4, 0.5) is 18.9 Å². The molecule has 316 valence electrons. The van der Waals surface area contributed by atoms with Crippen LogP contribution in [0.2, 0.25) is 0 Å². The maximum absolute atomic E-state index is 15.2. The van der Waals surface area contributed by atoms with Crippen molar-refractivity contribution in [1.82, 2.24) is 0 Å². The summed E-state index contributed by atoms with van der Waals surface area (Å²) in [6.07, 6.45) is -2.78. The average molecular weight is 824 g/mol. The number of ether oxygens (including phenoxy) is 8. The normalized spacial score (nSPS) is 17.0. The summed E-state index contributed by atoms with van der Waals surface area (Å²) in [6, 6.07) is 16.1. The third-order valence-corrected chi connectivity index (χ3v) is 9.58. The lowest BCUT2D eigenvalue weighted by molar-refractivity contribution is -0.137. The van der Waals surface area contributed by atoms with Crippen LogP contribution >= 0.6 is 0 Å². The lowest BCUT2D eigenvalue weighted by atomic mass is 9.90. The molecule has 59 heavy (non-hydrogen) atoms. The molecule has 1 unspecified atom stereocenters. The number of halogens is 3. The Morgan fingerprint density at radius 3 is 2.22 bits per heavy atom. The first-order chi connectivity index (χ1) is 28.6. The number of methoxy groups -OCH3 is 2. The molecule has 1 N–H and O–H groups in total. The van der Waals surface area contributed by atoms with Crippen molar-refractivity contribution < 1.29 is 60.6 Å². The lowest BCUT2D eigenvalue weighted by Crippen LogP contribution is -2.33. The van der Waals surface area contributed by atoms with Gasteiger partial charge in [-0.15, -0.1) is 6.58 Å². The van der Waals surface area contributed by atoms with Crippen LogP contribution in [0.3, 0.4) is 0 Å². The van der Waals surface area contributed by atoms with Crippen LogP contribution in [-0.2, 0) is 36.3 Å². The minimum atomic E-state index is -4.82. The summed E-state index contributed by atoms with van der Waals surface area (Å²) < 4.78 is 98.2. The Kier molecular flexibility index (Phi) is 15.1. The number of anilines is 1. The molecule has 0 bridgehead atoms. The number of phenols is 1. The van der Waals surface area contributed by atoms with Gasteiger partial charge in [0, 0.05) is 41.7 Å². The second kappa shape index (κ2) is 20.6. The molecule has 1 aliphatic carbocycles. The lowest BCUT2D eigenvalue weighted by Gasteiger charge is -2.29. The van der Waals surface area contributed by atoms with E-state index in [9.17, 15) is 9.90 Å². The van der Waals surface area contributed by atoms with E-state index in [4.69, 9.17) is 42.3 Å². The summed E-state index contributed by atoms with van der Waals surface area (Å²) >= 11 is 0. The minimum absolute atomic E-state index is 0.0671. The van der Waals surface area contributed by atoms with Crippen LogP contribution in [0.25, 0.3) is 33.4 Å². The fourth-order valence-corrected chi connectivity index (χ4v) is 6.75. The topological polar surface area (TPSA) is 128 Å². The SMILES string of the molecule is C=CCc1ccc(OCC2COCCOCCOCCN(c3cc(C(F)(F)F)c(-c4c5ccc(=O)cc-5oc5cc(O)ccc45)cc3OC)CCOCCO2)c(OC)c1. The van der Waals surface area contributed by atoms with E-state index in [0.717, 1.165) is 11.6 Å². The molecule has 3 aromatic rings. The summed E-state index contributed by atoms with van der Waals surface area (Å²) in [5.74, 6) is 1.22. The van der Waals surface area contributed by atoms with Gasteiger partial charge in [0.25, 0.3) is 0 Å². The Balaban J connectivity index is 1.23. The number of rotatable bonds is 9. The highest BCUT2D eigenvalue weighted by Gasteiger charge is 2.37. The van der Waals surface area contributed by atoms with Crippen molar-refractivity contribution in [3.05, 3.63) is 101 Å². The first-order valence-corrected chi connectivity index (χ1v) is 19.2. The number of hydrogen-bond acceptors (Lipinski definition) is 12. The van der Waals surface area contributed by atoms with Crippen molar-refractivity contribution in [3.8, 4) is 45.4 Å². The van der Waals surface area contributed by atoms with Gasteiger partial charge in [-0.05, 0) is 66.1 Å². The summed E-state index contributed by atoms with van der Waals surface area (Å²) in [4.78, 5) is 14.0. The van der Waals surface area contributed by atoms with Crippen LogP contribution in [0.5, 0.6) is 23.0 Å². The Hall–Kier alpha value is -5.32. The number of alkyl halides is 3. The molecule has 2 aliphatic heterocycles. The molecule has 3 aromatic carbocycles. The third kappa shape index (κ3) is 11.2. The smallest absolute Gasteiger partial charge is 0.417 e. The highest BCUT2D eigenvalue weighted by Crippen LogP contribution is 2.49. The van der Waals surface area contributed by atoms with E-state index in [2.05, 4.69) is 6.58 Å². The van der Waals surface area contributed by atoms with Crippen molar-refractivity contribution in [1.29, 1.82) is 0 Å². The number of aromatic hydroxyl groups is 1. The van der Waals surface area contributed by atoms with Gasteiger partial charge < -0.3 is 52.3 Å². The molecular formula is C44H48F3NO11. The molecule has 1 fully saturated rings. The molecule has 0 radical (unpaired) electrons. The highest BCUT2D eigenvalue weighted by molar-refractivity contribution is 6.03. The van der Waals surface area contributed by atoms with Crippen molar-refractivity contribution in [3.63, 3.8) is 0 Å². The minimum Gasteiger partial charge on any atom is -0.508 e. The predicted octanol–water partition coefficient (Wildman–Crippen LogP) is 7.39. The van der Waals surface area contributed by atoms with E-state index in [-0.39, 0.29) is 117 Å². The monoisotopic (exact) mass is 823 g/mol. The maximum atomic E-state index is 15.2. The van der Waals surface area contributed by atoms with E-state index in [1.54, 1.807) is 12.0 Å². The molecule has 1 atom stereocenters. The molecular weight excluding hydrogens is 775 g/mol. The number of hydrogen-bond donors (Lipinski definition) is 1. The molecule has 0 aromatic heterocycles. The van der Waals surface area contributed by atoms with E-state index >= 15 is 13.2 Å². The van der Waals surface area contributed by atoms with Gasteiger partial charge in [-0.1, -0.05) is 12.1 Å². The fraction of sp³-hybridized carbons (Fsp3) is 0.386. The van der Waals surface area contributed by atoms with Crippen molar-refractivity contribution >= 4 is 16.7 Å². The first-order valence-electron chi connectivity index (χ1n) is 19.2. The summed E-state index contributed by atoms with van der Waals surface area (Å²) in [5, 5.41) is 10.5. The van der Waals surface area contributed by atoms with Gasteiger partial charge in [-0.3, -0.25) is 4.79 Å². The van der Waals surface area contributed by atoms with Gasteiger partial charge >= 0.3 is 6.18 Å². The van der Waals surface area contributed by atoms with Gasteiger partial charge in [0.05, 0.1) is 84.9 Å². The van der Waals surface area contributed by atoms with Crippen LogP contribution < -0.4 is 24.5 Å². The Bertz CT molecular complexity index is 2190. The fourth-order valence-electron chi connectivity index (χ4n) is 6.75.